The van der Waals surface area contributed by atoms with E-state index in [0.29, 0.717) is 0 Å². The first-order valence-corrected chi connectivity index (χ1v) is 10.7. The summed E-state index contributed by atoms with van der Waals surface area (Å²) >= 11 is 0. The second-order valence-corrected chi connectivity index (χ2v) is 8.30. The van der Waals surface area contributed by atoms with Crippen LogP contribution in [0.2, 0.25) is 0 Å². The van der Waals surface area contributed by atoms with E-state index >= 15 is 0 Å². The van der Waals surface area contributed by atoms with Crippen molar-refractivity contribution < 1.29 is 16.8 Å². The third kappa shape index (κ3) is 15.2. The van der Waals surface area contributed by atoms with E-state index in [4.69, 9.17) is 4.18 Å². The highest BCUT2D eigenvalue weighted by molar-refractivity contribution is 7.81. The Labute approximate surface area is 144 Å². The highest BCUT2D eigenvalue weighted by Crippen LogP contribution is 2.19. The largest absolute Gasteiger partial charge is 0.399 e. The summed E-state index contributed by atoms with van der Waals surface area (Å²) in [5, 5.41) is 0. The van der Waals surface area contributed by atoms with Crippen LogP contribution in [0.3, 0.4) is 0 Å². The van der Waals surface area contributed by atoms with Crippen molar-refractivity contribution in [2.45, 2.75) is 91.4 Å². The van der Waals surface area contributed by atoms with Gasteiger partial charge in [0.05, 0.1) is 13.7 Å². The minimum absolute atomic E-state index is 0.211. The van der Waals surface area contributed by atoms with Gasteiger partial charge in [0, 0.05) is 0 Å². The van der Waals surface area contributed by atoms with E-state index < -0.39 is 10.4 Å². The van der Waals surface area contributed by atoms with Crippen molar-refractivity contribution in [3.05, 3.63) is 0 Å². The van der Waals surface area contributed by atoms with Crippen LogP contribution in [0.25, 0.3) is 0 Å². The molecule has 4 nitrogen and oxygen atoms in total. The fraction of sp³-hybridized carbons (Fsp3) is 1.00. The summed E-state index contributed by atoms with van der Waals surface area (Å²) in [5.41, 5.74) is 0. The normalized spacial score (nSPS) is 14.8. The number of hydrogen-bond acceptors (Lipinski definition) is 4. The summed E-state index contributed by atoms with van der Waals surface area (Å²) in [4.78, 5) is 0. The Bertz CT molecular complexity index is 354. The SMILES string of the molecule is CCCCCCCCCC(C)CCCC(C)COS(=O)(=O)OC. The Morgan fingerprint density at radius 1 is 0.783 bits per heavy atom. The van der Waals surface area contributed by atoms with Crippen LogP contribution in [0.1, 0.15) is 91.4 Å². The quantitative estimate of drug-likeness (QED) is 0.346. The van der Waals surface area contributed by atoms with Gasteiger partial charge in [0.2, 0.25) is 0 Å². The molecule has 0 aliphatic carbocycles. The zero-order valence-corrected chi connectivity index (χ0v) is 16.5. The molecule has 0 spiro atoms. The lowest BCUT2D eigenvalue weighted by Crippen LogP contribution is -2.13. The molecule has 0 amide bonds. The third-order valence-corrected chi connectivity index (χ3v) is 5.23. The van der Waals surface area contributed by atoms with E-state index in [1.807, 2.05) is 6.92 Å². The first kappa shape index (κ1) is 22.9. The van der Waals surface area contributed by atoms with E-state index in [0.717, 1.165) is 25.9 Å². The molecule has 0 aliphatic rings. The Hall–Kier alpha value is -0.130. The molecule has 0 saturated heterocycles. The molecule has 2 unspecified atom stereocenters. The van der Waals surface area contributed by atoms with Crippen molar-refractivity contribution in [3.8, 4) is 0 Å². The Morgan fingerprint density at radius 3 is 1.91 bits per heavy atom. The molecule has 0 fully saturated rings. The van der Waals surface area contributed by atoms with Gasteiger partial charge in [-0.2, -0.15) is 8.42 Å². The fourth-order valence-corrected chi connectivity index (χ4v) is 3.24. The first-order valence-electron chi connectivity index (χ1n) is 9.36. The molecule has 0 aromatic carbocycles. The molecule has 0 aromatic rings. The van der Waals surface area contributed by atoms with Crippen LogP contribution in [0.5, 0.6) is 0 Å². The minimum atomic E-state index is -3.78. The molecule has 0 N–H and O–H groups in total. The van der Waals surface area contributed by atoms with Gasteiger partial charge < -0.3 is 0 Å². The molecule has 0 aliphatic heterocycles. The molecular formula is C18H38O4S. The molecule has 0 aromatic heterocycles. The lowest BCUT2D eigenvalue weighted by atomic mass is 9.94. The molecule has 0 saturated carbocycles. The molecule has 0 heterocycles. The van der Waals surface area contributed by atoms with Crippen molar-refractivity contribution >= 4 is 10.4 Å². The van der Waals surface area contributed by atoms with Crippen molar-refractivity contribution in [2.75, 3.05) is 13.7 Å². The average Bonchev–Trinajstić information content (AvgIpc) is 2.52. The van der Waals surface area contributed by atoms with Gasteiger partial charge in [-0.3, -0.25) is 4.18 Å². The van der Waals surface area contributed by atoms with Gasteiger partial charge in [0.1, 0.15) is 0 Å². The van der Waals surface area contributed by atoms with E-state index in [1.165, 1.54) is 57.8 Å². The summed E-state index contributed by atoms with van der Waals surface area (Å²) < 4.78 is 31.2. The van der Waals surface area contributed by atoms with Crippen molar-refractivity contribution in [1.29, 1.82) is 0 Å². The van der Waals surface area contributed by atoms with Crippen LogP contribution >= 0.6 is 0 Å². The Balaban J connectivity index is 3.50. The molecule has 2 atom stereocenters. The van der Waals surface area contributed by atoms with Crippen molar-refractivity contribution in [3.63, 3.8) is 0 Å². The maximum atomic E-state index is 11.1. The number of rotatable bonds is 16. The number of hydrogen-bond donors (Lipinski definition) is 0. The van der Waals surface area contributed by atoms with Gasteiger partial charge in [-0.15, -0.1) is 0 Å². The highest BCUT2D eigenvalue weighted by atomic mass is 32.3. The van der Waals surface area contributed by atoms with E-state index in [1.54, 1.807) is 0 Å². The molecule has 0 bridgehead atoms. The summed E-state index contributed by atoms with van der Waals surface area (Å²) in [7, 11) is -2.66. The fourth-order valence-electron chi connectivity index (χ4n) is 2.74. The van der Waals surface area contributed by atoms with Crippen molar-refractivity contribution in [1.82, 2.24) is 0 Å². The lowest BCUT2D eigenvalue weighted by Gasteiger charge is -2.14. The zero-order chi connectivity index (χ0) is 17.6. The zero-order valence-electron chi connectivity index (χ0n) is 15.7. The van der Waals surface area contributed by atoms with Gasteiger partial charge in [0.25, 0.3) is 0 Å². The van der Waals surface area contributed by atoms with Crippen molar-refractivity contribution in [2.24, 2.45) is 11.8 Å². The van der Waals surface area contributed by atoms with Crippen LogP contribution in [-0.4, -0.2) is 22.1 Å². The summed E-state index contributed by atoms with van der Waals surface area (Å²) in [6, 6.07) is 0. The second-order valence-electron chi connectivity index (χ2n) is 6.91. The molecule has 23 heavy (non-hydrogen) atoms. The Morgan fingerprint density at radius 2 is 1.30 bits per heavy atom. The lowest BCUT2D eigenvalue weighted by molar-refractivity contribution is 0.206. The Kier molecular flexibility index (Phi) is 14.2. The molecular weight excluding hydrogens is 312 g/mol. The topological polar surface area (TPSA) is 52.6 Å². The van der Waals surface area contributed by atoms with Gasteiger partial charge in [0.15, 0.2) is 0 Å². The molecule has 0 rings (SSSR count). The maximum absolute atomic E-state index is 11.1. The van der Waals surface area contributed by atoms with Gasteiger partial charge in [-0.1, -0.05) is 85.0 Å². The second kappa shape index (κ2) is 14.2. The van der Waals surface area contributed by atoms with E-state index in [-0.39, 0.29) is 12.5 Å². The number of unbranched alkanes of at least 4 members (excludes halogenated alkanes) is 6. The summed E-state index contributed by atoms with van der Waals surface area (Å²) in [6.45, 7) is 6.81. The highest BCUT2D eigenvalue weighted by Gasteiger charge is 2.12. The van der Waals surface area contributed by atoms with Gasteiger partial charge >= 0.3 is 10.4 Å². The van der Waals surface area contributed by atoms with Gasteiger partial charge in [-0.25, -0.2) is 4.18 Å². The van der Waals surface area contributed by atoms with Crippen LogP contribution in [0.4, 0.5) is 0 Å². The first-order chi connectivity index (χ1) is 10.9. The molecule has 140 valence electrons. The summed E-state index contributed by atoms with van der Waals surface area (Å²) in [5.74, 6) is 1.01. The van der Waals surface area contributed by atoms with Crippen LogP contribution < -0.4 is 0 Å². The van der Waals surface area contributed by atoms with E-state index in [2.05, 4.69) is 18.0 Å². The van der Waals surface area contributed by atoms with Crippen LogP contribution in [0.15, 0.2) is 0 Å². The minimum Gasteiger partial charge on any atom is -0.252 e. The smallest absolute Gasteiger partial charge is 0.252 e. The predicted octanol–water partition coefficient (Wildman–Crippen LogP) is 5.48. The predicted molar refractivity (Wildman–Crippen MR) is 96.7 cm³/mol. The standard InChI is InChI=1S/C18H38O4S/c1-5-6-7-8-9-10-11-13-17(2)14-12-15-18(3)16-22-23(19,20)21-4/h17-18H,5-16H2,1-4H3. The van der Waals surface area contributed by atoms with E-state index in [9.17, 15) is 8.42 Å². The molecule has 5 heteroatoms. The monoisotopic (exact) mass is 350 g/mol. The maximum Gasteiger partial charge on any atom is 0.399 e. The summed E-state index contributed by atoms with van der Waals surface area (Å²) in [6.07, 6.45) is 14.3. The van der Waals surface area contributed by atoms with Crippen LogP contribution in [0, 0.1) is 11.8 Å². The average molecular weight is 351 g/mol. The van der Waals surface area contributed by atoms with Crippen LogP contribution in [-0.2, 0) is 18.8 Å². The third-order valence-electron chi connectivity index (χ3n) is 4.40. The molecule has 0 radical (unpaired) electrons. The van der Waals surface area contributed by atoms with Gasteiger partial charge in [-0.05, 0) is 18.3 Å².